The first-order valence-electron chi connectivity index (χ1n) is 8.81. The van der Waals surface area contributed by atoms with Crippen molar-refractivity contribution in [2.45, 2.75) is 26.2 Å². The maximum Gasteiger partial charge on any atom is 0.309 e. The van der Waals surface area contributed by atoms with Gasteiger partial charge in [-0.25, -0.2) is 9.97 Å². The summed E-state index contributed by atoms with van der Waals surface area (Å²) in [6.07, 6.45) is 1.24. The maximum absolute atomic E-state index is 12.3. The molecule has 0 bridgehead atoms. The first-order valence-corrected chi connectivity index (χ1v) is 8.81. The molecule has 8 nitrogen and oxygen atoms in total. The standard InChI is InChI=1S/C19H23N5O3/c1-12-22-18(20)15-11-16(25)24(19(15)23-12)8-4-7-21-14-6-3-5-13(9-14)10-17(26)27-2/h3,5-6,9,21H,4,7-8,10-11H2,1-2H3,(H2,20,22,23). The molecule has 0 fully saturated rings. The van der Waals surface area contributed by atoms with Gasteiger partial charge in [-0.3, -0.25) is 14.5 Å². The second-order valence-corrected chi connectivity index (χ2v) is 6.41. The van der Waals surface area contributed by atoms with E-state index in [0.717, 1.165) is 17.7 Å². The van der Waals surface area contributed by atoms with E-state index in [1.54, 1.807) is 11.8 Å². The van der Waals surface area contributed by atoms with Crippen LogP contribution in [-0.4, -0.2) is 42.0 Å². The highest BCUT2D eigenvalue weighted by molar-refractivity contribution is 6.01. The molecule has 8 heteroatoms. The number of anilines is 3. The van der Waals surface area contributed by atoms with E-state index in [0.29, 0.717) is 36.1 Å². The number of carbonyl (C=O) groups excluding carboxylic acids is 2. The van der Waals surface area contributed by atoms with Gasteiger partial charge in [-0.1, -0.05) is 12.1 Å². The van der Waals surface area contributed by atoms with Crippen molar-refractivity contribution in [3.05, 3.63) is 41.2 Å². The van der Waals surface area contributed by atoms with Crippen LogP contribution >= 0.6 is 0 Å². The number of nitrogen functional groups attached to an aromatic ring is 1. The van der Waals surface area contributed by atoms with Gasteiger partial charge in [-0.05, 0) is 31.0 Å². The van der Waals surface area contributed by atoms with Gasteiger partial charge in [0.15, 0.2) is 0 Å². The van der Waals surface area contributed by atoms with E-state index in [9.17, 15) is 9.59 Å². The predicted octanol–water partition coefficient (Wildman–Crippen LogP) is 1.47. The number of rotatable bonds is 7. The smallest absolute Gasteiger partial charge is 0.309 e. The lowest BCUT2D eigenvalue weighted by atomic mass is 10.1. The summed E-state index contributed by atoms with van der Waals surface area (Å²) in [5, 5.41) is 3.31. The molecular formula is C19H23N5O3. The summed E-state index contributed by atoms with van der Waals surface area (Å²) in [6, 6.07) is 7.64. The normalized spacial score (nSPS) is 12.8. The molecule has 2 heterocycles. The maximum atomic E-state index is 12.3. The van der Waals surface area contributed by atoms with Crippen molar-refractivity contribution in [1.29, 1.82) is 0 Å². The minimum atomic E-state index is -0.269. The molecular weight excluding hydrogens is 346 g/mol. The number of aromatic nitrogens is 2. The fourth-order valence-corrected chi connectivity index (χ4v) is 3.09. The first kappa shape index (κ1) is 18.6. The Morgan fingerprint density at radius 2 is 2.19 bits per heavy atom. The topological polar surface area (TPSA) is 110 Å². The van der Waals surface area contributed by atoms with Crippen LogP contribution in [0.15, 0.2) is 24.3 Å². The molecule has 142 valence electrons. The Kier molecular flexibility index (Phi) is 5.54. The van der Waals surface area contributed by atoms with E-state index in [-0.39, 0.29) is 24.7 Å². The number of nitrogens with two attached hydrogens (primary N) is 1. The number of fused-ring (bicyclic) bond motifs is 1. The van der Waals surface area contributed by atoms with Crippen LogP contribution in [-0.2, 0) is 27.2 Å². The van der Waals surface area contributed by atoms with E-state index < -0.39 is 0 Å². The van der Waals surface area contributed by atoms with Crippen LogP contribution in [0.5, 0.6) is 0 Å². The number of hydrogen-bond donors (Lipinski definition) is 2. The summed E-state index contributed by atoms with van der Waals surface area (Å²) in [7, 11) is 1.38. The van der Waals surface area contributed by atoms with Gasteiger partial charge >= 0.3 is 5.97 Å². The van der Waals surface area contributed by atoms with Gasteiger partial charge in [0.05, 0.1) is 20.0 Å². The number of hydrogen-bond acceptors (Lipinski definition) is 7. The molecule has 0 radical (unpaired) electrons. The summed E-state index contributed by atoms with van der Waals surface area (Å²) in [5.74, 6) is 1.30. The zero-order chi connectivity index (χ0) is 19.4. The lowest BCUT2D eigenvalue weighted by Crippen LogP contribution is -2.29. The fourth-order valence-electron chi connectivity index (χ4n) is 3.09. The Morgan fingerprint density at radius 1 is 1.37 bits per heavy atom. The summed E-state index contributed by atoms with van der Waals surface area (Å²) >= 11 is 0. The Morgan fingerprint density at radius 3 is 2.96 bits per heavy atom. The quantitative estimate of drug-likeness (QED) is 0.562. The second-order valence-electron chi connectivity index (χ2n) is 6.41. The minimum Gasteiger partial charge on any atom is -0.469 e. The van der Waals surface area contributed by atoms with Crippen molar-refractivity contribution in [1.82, 2.24) is 9.97 Å². The average molecular weight is 369 g/mol. The number of ether oxygens (including phenoxy) is 1. The summed E-state index contributed by atoms with van der Waals surface area (Å²) in [5.41, 5.74) is 8.44. The molecule has 1 amide bonds. The Labute approximate surface area is 157 Å². The zero-order valence-corrected chi connectivity index (χ0v) is 15.5. The zero-order valence-electron chi connectivity index (χ0n) is 15.5. The highest BCUT2D eigenvalue weighted by Crippen LogP contribution is 2.30. The van der Waals surface area contributed by atoms with Crippen LogP contribution in [0.1, 0.15) is 23.4 Å². The van der Waals surface area contributed by atoms with Gasteiger partial charge in [0.2, 0.25) is 5.91 Å². The van der Waals surface area contributed by atoms with E-state index in [1.807, 2.05) is 24.3 Å². The molecule has 0 spiro atoms. The summed E-state index contributed by atoms with van der Waals surface area (Å²) in [6.45, 7) is 3.00. The van der Waals surface area contributed by atoms with Gasteiger partial charge in [0.25, 0.3) is 0 Å². The molecule has 0 saturated heterocycles. The van der Waals surface area contributed by atoms with E-state index in [1.165, 1.54) is 7.11 Å². The molecule has 2 aromatic rings. The molecule has 27 heavy (non-hydrogen) atoms. The number of amides is 1. The number of esters is 1. The molecule has 0 saturated carbocycles. The second kappa shape index (κ2) is 8.03. The van der Waals surface area contributed by atoms with Crippen molar-refractivity contribution in [3.63, 3.8) is 0 Å². The molecule has 1 aromatic heterocycles. The Balaban J connectivity index is 1.55. The van der Waals surface area contributed by atoms with Gasteiger partial charge in [0.1, 0.15) is 17.5 Å². The Bertz CT molecular complexity index is 868. The summed E-state index contributed by atoms with van der Waals surface area (Å²) in [4.78, 5) is 33.8. The van der Waals surface area contributed by atoms with Crippen molar-refractivity contribution in [2.24, 2.45) is 0 Å². The van der Waals surface area contributed by atoms with Gasteiger partial charge in [-0.15, -0.1) is 0 Å². The average Bonchev–Trinajstić information content (AvgIpc) is 2.95. The molecule has 3 rings (SSSR count). The summed E-state index contributed by atoms with van der Waals surface area (Å²) < 4.78 is 4.69. The van der Waals surface area contributed by atoms with E-state index in [4.69, 9.17) is 5.73 Å². The molecule has 0 aliphatic carbocycles. The predicted molar refractivity (Wildman–Crippen MR) is 103 cm³/mol. The number of methoxy groups -OCH3 is 1. The number of aryl methyl sites for hydroxylation is 1. The first-order chi connectivity index (χ1) is 13.0. The highest BCUT2D eigenvalue weighted by atomic mass is 16.5. The fraction of sp³-hybridized carbons (Fsp3) is 0.368. The van der Waals surface area contributed by atoms with Crippen molar-refractivity contribution < 1.29 is 14.3 Å². The van der Waals surface area contributed by atoms with E-state index >= 15 is 0 Å². The number of benzene rings is 1. The number of nitrogens with zero attached hydrogens (tertiary/aromatic N) is 3. The van der Waals surface area contributed by atoms with Crippen LogP contribution in [0.2, 0.25) is 0 Å². The van der Waals surface area contributed by atoms with Crippen LogP contribution in [0.25, 0.3) is 0 Å². The SMILES string of the molecule is COC(=O)Cc1cccc(NCCCN2C(=O)Cc3c(N)nc(C)nc32)c1. The molecule has 0 atom stereocenters. The van der Waals surface area contributed by atoms with Gasteiger partial charge < -0.3 is 15.8 Å². The molecule has 1 aromatic carbocycles. The van der Waals surface area contributed by atoms with Crippen LogP contribution in [0, 0.1) is 6.92 Å². The number of carbonyl (C=O) groups is 2. The van der Waals surface area contributed by atoms with Crippen molar-refractivity contribution >= 4 is 29.2 Å². The molecule has 0 unspecified atom stereocenters. The molecule has 1 aliphatic rings. The Hall–Kier alpha value is -3.16. The van der Waals surface area contributed by atoms with Crippen LogP contribution in [0.3, 0.4) is 0 Å². The third kappa shape index (κ3) is 4.33. The van der Waals surface area contributed by atoms with Crippen LogP contribution < -0.4 is 16.0 Å². The molecule has 1 aliphatic heterocycles. The van der Waals surface area contributed by atoms with E-state index in [2.05, 4.69) is 20.0 Å². The molecule has 3 N–H and O–H groups in total. The van der Waals surface area contributed by atoms with Gasteiger partial charge in [0, 0.05) is 24.3 Å². The third-order valence-electron chi connectivity index (χ3n) is 4.40. The van der Waals surface area contributed by atoms with Crippen molar-refractivity contribution in [2.75, 3.05) is 36.1 Å². The van der Waals surface area contributed by atoms with Crippen molar-refractivity contribution in [3.8, 4) is 0 Å². The van der Waals surface area contributed by atoms with Gasteiger partial charge in [-0.2, -0.15) is 0 Å². The number of nitrogens with one attached hydrogen (secondary N) is 1. The van der Waals surface area contributed by atoms with Crippen LogP contribution in [0.4, 0.5) is 17.3 Å². The highest BCUT2D eigenvalue weighted by Gasteiger charge is 2.30. The monoisotopic (exact) mass is 369 g/mol. The third-order valence-corrected chi connectivity index (χ3v) is 4.40. The lowest BCUT2D eigenvalue weighted by Gasteiger charge is -2.17. The lowest BCUT2D eigenvalue weighted by molar-refractivity contribution is -0.139. The minimum absolute atomic E-state index is 0.00308. The largest absolute Gasteiger partial charge is 0.469 e.